The van der Waals surface area contributed by atoms with Gasteiger partial charge < -0.3 is 20.3 Å². The molecular formula is C27H32F3N5O6. The predicted octanol–water partition coefficient (Wildman–Crippen LogP) is 5.36. The van der Waals surface area contributed by atoms with Crippen LogP contribution in [0.15, 0.2) is 36.4 Å². The number of carbonyl (C=O) groups is 1. The molecule has 1 amide bonds. The van der Waals surface area contributed by atoms with Crippen LogP contribution in [0.5, 0.6) is 0 Å². The number of carbonyl (C=O) groups excluding carboxylic acids is 1. The largest absolute Gasteiger partial charge is 0.423 e. The van der Waals surface area contributed by atoms with Gasteiger partial charge in [0.25, 0.3) is 11.4 Å². The van der Waals surface area contributed by atoms with Crippen molar-refractivity contribution in [3.8, 4) is 0 Å². The van der Waals surface area contributed by atoms with Crippen molar-refractivity contribution in [1.29, 1.82) is 0 Å². The minimum absolute atomic E-state index is 0.00437. The van der Waals surface area contributed by atoms with E-state index in [-0.39, 0.29) is 42.1 Å². The van der Waals surface area contributed by atoms with Crippen molar-refractivity contribution in [2.24, 2.45) is 0 Å². The average molecular weight is 580 g/mol. The van der Waals surface area contributed by atoms with Crippen LogP contribution < -0.4 is 15.5 Å². The Balaban J connectivity index is 1.17. The number of piperidine rings is 1. The number of alkyl halides is 3. The zero-order valence-electron chi connectivity index (χ0n) is 22.5. The lowest BCUT2D eigenvalue weighted by molar-refractivity contribution is -0.388. The summed E-state index contributed by atoms with van der Waals surface area (Å²) in [6.07, 6.45) is -1.04. The van der Waals surface area contributed by atoms with Gasteiger partial charge in [0.1, 0.15) is 12.2 Å². The summed E-state index contributed by atoms with van der Waals surface area (Å²) in [5.41, 5.74) is -0.496. The molecule has 2 N–H and O–H groups in total. The molecule has 0 unspecified atom stereocenters. The number of benzene rings is 2. The van der Waals surface area contributed by atoms with Gasteiger partial charge >= 0.3 is 6.18 Å². The first-order valence-electron chi connectivity index (χ1n) is 13.4. The van der Waals surface area contributed by atoms with Gasteiger partial charge in [-0.25, -0.2) is 0 Å². The van der Waals surface area contributed by atoms with Gasteiger partial charge in [0.05, 0.1) is 16.0 Å². The highest BCUT2D eigenvalue weighted by Crippen LogP contribution is 2.38. The van der Waals surface area contributed by atoms with Crippen LogP contribution in [0.1, 0.15) is 49.7 Å². The molecule has 1 heterocycles. The molecule has 2 fully saturated rings. The van der Waals surface area contributed by atoms with E-state index in [1.54, 1.807) is 19.1 Å². The SMILES string of the molecule is Cc1cc(N2CCC(NC(=O)COC3CCC(Nc4ccc([N+](=O)[O-])c(C(F)(F)F)c4)CC3)CC2)ccc1[N+](=O)[O-]. The van der Waals surface area contributed by atoms with Crippen LogP contribution in [0.3, 0.4) is 0 Å². The Morgan fingerprint density at radius 2 is 1.59 bits per heavy atom. The molecule has 1 aliphatic carbocycles. The monoisotopic (exact) mass is 579 g/mol. The van der Waals surface area contributed by atoms with Crippen LogP contribution in [0.25, 0.3) is 0 Å². The summed E-state index contributed by atoms with van der Waals surface area (Å²) in [7, 11) is 0. The van der Waals surface area contributed by atoms with E-state index >= 15 is 0 Å². The van der Waals surface area contributed by atoms with Gasteiger partial charge in [-0.1, -0.05) is 0 Å². The normalized spacial score (nSPS) is 20.0. The highest BCUT2D eigenvalue weighted by molar-refractivity contribution is 5.77. The molecule has 0 aromatic heterocycles. The van der Waals surface area contributed by atoms with E-state index in [0.717, 1.165) is 30.7 Å². The van der Waals surface area contributed by atoms with Crippen molar-refractivity contribution in [3.63, 3.8) is 0 Å². The summed E-state index contributed by atoms with van der Waals surface area (Å²) in [6, 6.07) is 7.85. The van der Waals surface area contributed by atoms with E-state index in [2.05, 4.69) is 15.5 Å². The van der Waals surface area contributed by atoms with Crippen LogP contribution in [0.2, 0.25) is 0 Å². The minimum Gasteiger partial charge on any atom is -0.382 e. The lowest BCUT2D eigenvalue weighted by Crippen LogP contribution is -2.46. The number of anilines is 2. The molecule has 0 radical (unpaired) electrons. The lowest BCUT2D eigenvalue weighted by atomic mass is 9.92. The van der Waals surface area contributed by atoms with Crippen molar-refractivity contribution in [2.75, 3.05) is 29.9 Å². The molecule has 222 valence electrons. The molecular weight excluding hydrogens is 547 g/mol. The van der Waals surface area contributed by atoms with Gasteiger partial charge in [-0.2, -0.15) is 13.2 Å². The molecule has 2 aromatic rings. The van der Waals surface area contributed by atoms with E-state index in [9.17, 15) is 38.2 Å². The van der Waals surface area contributed by atoms with E-state index < -0.39 is 27.3 Å². The molecule has 1 saturated carbocycles. The van der Waals surface area contributed by atoms with Crippen molar-refractivity contribution in [2.45, 2.75) is 69.8 Å². The van der Waals surface area contributed by atoms with Gasteiger partial charge in [0.15, 0.2) is 0 Å². The molecule has 4 rings (SSSR count). The molecule has 2 aliphatic rings. The number of rotatable bonds is 9. The predicted molar refractivity (Wildman–Crippen MR) is 145 cm³/mol. The molecule has 0 bridgehead atoms. The van der Waals surface area contributed by atoms with E-state index in [1.807, 2.05) is 0 Å². The highest BCUT2D eigenvalue weighted by Gasteiger charge is 2.38. The van der Waals surface area contributed by atoms with Gasteiger partial charge in [-0.05, 0) is 69.7 Å². The molecule has 0 spiro atoms. The van der Waals surface area contributed by atoms with Crippen LogP contribution in [0, 0.1) is 27.2 Å². The van der Waals surface area contributed by atoms with Crippen LogP contribution in [-0.4, -0.2) is 53.6 Å². The van der Waals surface area contributed by atoms with Gasteiger partial charge in [0.2, 0.25) is 5.91 Å². The average Bonchev–Trinajstić information content (AvgIpc) is 2.92. The molecule has 1 saturated heterocycles. The lowest BCUT2D eigenvalue weighted by Gasteiger charge is -2.34. The first-order valence-corrected chi connectivity index (χ1v) is 13.4. The van der Waals surface area contributed by atoms with Gasteiger partial charge in [0, 0.05) is 54.2 Å². The maximum Gasteiger partial charge on any atom is 0.423 e. The summed E-state index contributed by atoms with van der Waals surface area (Å²) in [5, 5.41) is 28.0. The summed E-state index contributed by atoms with van der Waals surface area (Å²) >= 11 is 0. The number of halogens is 3. The maximum absolute atomic E-state index is 13.2. The second-order valence-electron chi connectivity index (χ2n) is 10.5. The fraction of sp³-hybridized carbons (Fsp3) is 0.519. The standard InChI is InChI=1S/C27H32F3N5O6/c1-17-14-21(5-9-24(17)34(37)38)33-12-10-19(11-13-33)32-26(36)16-41-22-6-2-18(3-7-22)31-20-4-8-25(35(39)40)23(15-20)27(28,29)30/h4-5,8-9,14-15,18-19,22,31H,2-3,6-7,10-13,16H2,1H3,(H,32,36). The Hall–Kier alpha value is -3.94. The number of nitro benzene ring substituents is 2. The van der Waals surface area contributed by atoms with E-state index in [4.69, 9.17) is 4.74 Å². The third kappa shape index (κ3) is 7.84. The summed E-state index contributed by atoms with van der Waals surface area (Å²) < 4.78 is 45.5. The van der Waals surface area contributed by atoms with Crippen molar-refractivity contribution >= 4 is 28.7 Å². The first-order chi connectivity index (χ1) is 19.4. The molecule has 2 aromatic carbocycles. The quantitative estimate of drug-likeness (QED) is 0.299. The zero-order chi connectivity index (χ0) is 29.7. The number of aryl methyl sites for hydroxylation is 1. The number of nitro groups is 2. The van der Waals surface area contributed by atoms with E-state index in [0.29, 0.717) is 44.3 Å². The summed E-state index contributed by atoms with van der Waals surface area (Å²) in [5.74, 6) is -0.208. The Kier molecular flexibility index (Phi) is 9.31. The van der Waals surface area contributed by atoms with E-state index in [1.165, 1.54) is 12.1 Å². The maximum atomic E-state index is 13.2. The minimum atomic E-state index is -4.84. The van der Waals surface area contributed by atoms with Gasteiger partial charge in [-0.3, -0.25) is 25.0 Å². The van der Waals surface area contributed by atoms with Crippen molar-refractivity contribution in [3.05, 3.63) is 67.8 Å². The van der Waals surface area contributed by atoms with Gasteiger partial charge in [-0.15, -0.1) is 0 Å². The fourth-order valence-corrected chi connectivity index (χ4v) is 5.41. The molecule has 1 aliphatic heterocycles. The third-order valence-corrected chi connectivity index (χ3v) is 7.60. The number of amides is 1. The Morgan fingerprint density at radius 3 is 2.17 bits per heavy atom. The summed E-state index contributed by atoms with van der Waals surface area (Å²) in [6.45, 7) is 3.05. The van der Waals surface area contributed by atoms with Crippen molar-refractivity contribution < 1.29 is 32.5 Å². The second kappa shape index (κ2) is 12.7. The summed E-state index contributed by atoms with van der Waals surface area (Å²) in [4.78, 5) is 35.2. The smallest absolute Gasteiger partial charge is 0.382 e. The third-order valence-electron chi connectivity index (χ3n) is 7.60. The van der Waals surface area contributed by atoms with Crippen LogP contribution in [-0.2, 0) is 15.7 Å². The fourth-order valence-electron chi connectivity index (χ4n) is 5.41. The molecule has 14 heteroatoms. The second-order valence-corrected chi connectivity index (χ2v) is 10.5. The van der Waals surface area contributed by atoms with Crippen molar-refractivity contribution in [1.82, 2.24) is 5.32 Å². The number of nitrogens with one attached hydrogen (secondary N) is 2. The number of nitrogens with zero attached hydrogens (tertiary/aromatic N) is 3. The Bertz CT molecular complexity index is 1270. The number of ether oxygens (including phenoxy) is 1. The Morgan fingerprint density at radius 1 is 0.951 bits per heavy atom. The zero-order valence-corrected chi connectivity index (χ0v) is 22.5. The topological polar surface area (TPSA) is 140 Å². The number of hydrogen-bond donors (Lipinski definition) is 2. The highest BCUT2D eigenvalue weighted by atomic mass is 19.4. The van der Waals surface area contributed by atoms with Crippen LogP contribution in [0.4, 0.5) is 35.9 Å². The van der Waals surface area contributed by atoms with Crippen LogP contribution >= 0.6 is 0 Å². The number of hydrogen-bond acceptors (Lipinski definition) is 8. The Labute approximate surface area is 234 Å². The molecule has 41 heavy (non-hydrogen) atoms. The molecule has 11 nitrogen and oxygen atoms in total. The molecule has 0 atom stereocenters. The first kappa shape index (κ1) is 30.0.